The van der Waals surface area contributed by atoms with Crippen LogP contribution in [0.1, 0.15) is 29.0 Å². The Morgan fingerprint density at radius 3 is 2.52 bits per heavy atom. The van der Waals surface area contributed by atoms with E-state index in [1.165, 1.54) is 23.0 Å². The van der Waals surface area contributed by atoms with Crippen molar-refractivity contribution in [2.45, 2.75) is 19.1 Å². The molecule has 0 amide bonds. The molecule has 23 heavy (non-hydrogen) atoms. The zero-order chi connectivity index (χ0) is 17.2. The van der Waals surface area contributed by atoms with Gasteiger partial charge in [0.2, 0.25) is 0 Å². The van der Waals surface area contributed by atoms with Crippen LogP contribution < -0.4 is 5.32 Å². The number of hydrogen-bond acceptors (Lipinski definition) is 3. The molecule has 124 valence electrons. The molecule has 0 spiro atoms. The first-order valence-electron chi connectivity index (χ1n) is 6.57. The standard InChI is InChI=1S/C14H13BrF3N3O2/c1-8(21-12(13(22)23)11(15)7-20-21)6-19-10-4-2-9(3-5-10)14(16,17)18/h2-5,7-8,19H,6H2,1H3,(H,22,23)/t8-/m0/s1. The van der Waals surface area contributed by atoms with Gasteiger partial charge in [0.15, 0.2) is 5.69 Å². The quantitative estimate of drug-likeness (QED) is 0.806. The first-order chi connectivity index (χ1) is 10.7. The SMILES string of the molecule is C[C@@H](CNc1ccc(C(F)(F)F)cc1)n1ncc(Br)c1C(=O)O. The van der Waals surface area contributed by atoms with Gasteiger partial charge in [-0.05, 0) is 47.1 Å². The summed E-state index contributed by atoms with van der Waals surface area (Å²) in [5, 5.41) is 16.1. The number of carboxylic acids is 1. The monoisotopic (exact) mass is 391 g/mol. The van der Waals surface area contributed by atoms with E-state index in [1.807, 2.05) is 0 Å². The number of nitrogens with zero attached hydrogens (tertiary/aromatic N) is 2. The number of benzene rings is 1. The molecule has 1 aromatic heterocycles. The summed E-state index contributed by atoms with van der Waals surface area (Å²) < 4.78 is 39.2. The van der Waals surface area contributed by atoms with Crippen LogP contribution in [-0.2, 0) is 6.18 Å². The van der Waals surface area contributed by atoms with E-state index in [0.717, 1.165) is 12.1 Å². The van der Waals surface area contributed by atoms with Crippen LogP contribution in [0, 0.1) is 0 Å². The van der Waals surface area contributed by atoms with Crippen LogP contribution in [0.3, 0.4) is 0 Å². The number of anilines is 1. The van der Waals surface area contributed by atoms with Gasteiger partial charge in [-0.1, -0.05) is 0 Å². The summed E-state index contributed by atoms with van der Waals surface area (Å²) in [5.41, 5.74) is -0.195. The minimum atomic E-state index is -4.37. The van der Waals surface area contributed by atoms with Gasteiger partial charge in [0.05, 0.1) is 22.3 Å². The van der Waals surface area contributed by atoms with Gasteiger partial charge in [0, 0.05) is 12.2 Å². The Balaban J connectivity index is 2.05. The van der Waals surface area contributed by atoms with Gasteiger partial charge in [-0.2, -0.15) is 18.3 Å². The van der Waals surface area contributed by atoms with Gasteiger partial charge in [-0.3, -0.25) is 4.68 Å². The van der Waals surface area contributed by atoms with Crippen LogP contribution in [-0.4, -0.2) is 27.4 Å². The van der Waals surface area contributed by atoms with E-state index in [1.54, 1.807) is 6.92 Å². The molecule has 0 bridgehead atoms. The third kappa shape index (κ3) is 4.04. The van der Waals surface area contributed by atoms with E-state index in [4.69, 9.17) is 5.11 Å². The number of alkyl halides is 3. The van der Waals surface area contributed by atoms with Crippen molar-refractivity contribution in [1.82, 2.24) is 9.78 Å². The molecule has 0 aliphatic rings. The Kier molecular flexibility index (Phi) is 4.98. The topological polar surface area (TPSA) is 67.2 Å². The zero-order valence-electron chi connectivity index (χ0n) is 11.9. The fraction of sp³-hybridized carbons (Fsp3) is 0.286. The van der Waals surface area contributed by atoms with Crippen molar-refractivity contribution < 1.29 is 23.1 Å². The fourth-order valence-electron chi connectivity index (χ4n) is 2.00. The van der Waals surface area contributed by atoms with E-state index in [9.17, 15) is 18.0 Å². The lowest BCUT2D eigenvalue weighted by molar-refractivity contribution is -0.137. The maximum Gasteiger partial charge on any atom is 0.416 e. The predicted molar refractivity (Wildman–Crippen MR) is 81.5 cm³/mol. The maximum atomic E-state index is 12.5. The van der Waals surface area contributed by atoms with Crippen LogP contribution in [0.15, 0.2) is 34.9 Å². The first-order valence-corrected chi connectivity index (χ1v) is 7.37. The van der Waals surface area contributed by atoms with Crippen LogP contribution in [0.5, 0.6) is 0 Å². The smallest absolute Gasteiger partial charge is 0.416 e. The highest BCUT2D eigenvalue weighted by atomic mass is 79.9. The molecular weight excluding hydrogens is 379 g/mol. The summed E-state index contributed by atoms with van der Waals surface area (Å²) in [4.78, 5) is 11.2. The summed E-state index contributed by atoms with van der Waals surface area (Å²) in [6.07, 6.45) is -2.98. The second kappa shape index (κ2) is 6.61. The Morgan fingerprint density at radius 1 is 1.39 bits per heavy atom. The molecule has 2 rings (SSSR count). The molecule has 2 N–H and O–H groups in total. The number of carbonyl (C=O) groups is 1. The molecule has 0 radical (unpaired) electrons. The summed E-state index contributed by atoms with van der Waals surface area (Å²) in [6, 6.07) is 4.31. The lowest BCUT2D eigenvalue weighted by atomic mass is 10.2. The van der Waals surface area contributed by atoms with E-state index in [2.05, 4.69) is 26.3 Å². The number of halogens is 4. The predicted octanol–water partition coefficient (Wildman–Crippen LogP) is 4.04. The number of carboxylic acid groups (broad SMARTS) is 1. The van der Waals surface area contributed by atoms with Crippen LogP contribution in [0.4, 0.5) is 18.9 Å². The van der Waals surface area contributed by atoms with E-state index < -0.39 is 17.7 Å². The fourth-order valence-corrected chi connectivity index (χ4v) is 2.45. The average molecular weight is 392 g/mol. The molecule has 0 saturated heterocycles. The van der Waals surface area contributed by atoms with E-state index >= 15 is 0 Å². The maximum absolute atomic E-state index is 12.5. The van der Waals surface area contributed by atoms with Gasteiger partial charge in [-0.25, -0.2) is 4.79 Å². The molecule has 0 saturated carbocycles. The van der Waals surface area contributed by atoms with E-state index in [0.29, 0.717) is 16.7 Å². The largest absolute Gasteiger partial charge is 0.476 e. The summed E-state index contributed by atoms with van der Waals surface area (Å²) in [6.45, 7) is 2.06. The number of aromatic carboxylic acids is 1. The van der Waals surface area contributed by atoms with Crippen molar-refractivity contribution in [1.29, 1.82) is 0 Å². The van der Waals surface area contributed by atoms with Crippen molar-refractivity contribution >= 4 is 27.6 Å². The minimum Gasteiger partial charge on any atom is -0.476 e. The molecule has 0 unspecified atom stereocenters. The molecule has 1 aromatic carbocycles. The molecule has 1 heterocycles. The minimum absolute atomic E-state index is 0.0201. The van der Waals surface area contributed by atoms with Crippen LogP contribution in [0.2, 0.25) is 0 Å². The summed E-state index contributed by atoms with van der Waals surface area (Å²) in [5.74, 6) is -1.12. The molecular formula is C14H13BrF3N3O2. The second-order valence-corrected chi connectivity index (χ2v) is 5.75. The Labute approximate surface area is 138 Å². The molecule has 2 aromatic rings. The number of rotatable bonds is 5. The van der Waals surface area contributed by atoms with Crippen molar-refractivity contribution in [3.8, 4) is 0 Å². The molecule has 9 heteroatoms. The van der Waals surface area contributed by atoms with Gasteiger partial charge in [0.1, 0.15) is 0 Å². The van der Waals surface area contributed by atoms with Gasteiger partial charge in [0.25, 0.3) is 0 Å². The van der Waals surface area contributed by atoms with Crippen molar-refractivity contribution in [3.63, 3.8) is 0 Å². The highest BCUT2D eigenvalue weighted by Crippen LogP contribution is 2.30. The van der Waals surface area contributed by atoms with Gasteiger partial charge >= 0.3 is 12.1 Å². The van der Waals surface area contributed by atoms with Crippen molar-refractivity contribution in [2.24, 2.45) is 0 Å². The highest BCUT2D eigenvalue weighted by molar-refractivity contribution is 9.10. The van der Waals surface area contributed by atoms with Crippen LogP contribution in [0.25, 0.3) is 0 Å². The van der Waals surface area contributed by atoms with Gasteiger partial charge in [-0.15, -0.1) is 0 Å². The number of hydrogen-bond donors (Lipinski definition) is 2. The summed E-state index contributed by atoms with van der Waals surface area (Å²) >= 11 is 3.12. The second-order valence-electron chi connectivity index (χ2n) is 4.90. The normalized spacial score (nSPS) is 12.9. The van der Waals surface area contributed by atoms with Crippen molar-refractivity contribution in [3.05, 3.63) is 46.2 Å². The Hall–Kier alpha value is -2.03. The molecule has 0 aliphatic carbocycles. The lowest BCUT2D eigenvalue weighted by Gasteiger charge is -2.16. The third-order valence-corrected chi connectivity index (χ3v) is 3.77. The Bertz CT molecular complexity index is 698. The molecule has 5 nitrogen and oxygen atoms in total. The summed E-state index contributed by atoms with van der Waals surface area (Å²) in [7, 11) is 0. The number of aromatic nitrogens is 2. The molecule has 0 aliphatic heterocycles. The zero-order valence-corrected chi connectivity index (χ0v) is 13.5. The Morgan fingerprint density at radius 2 is 2.00 bits per heavy atom. The molecule has 1 atom stereocenters. The van der Waals surface area contributed by atoms with Gasteiger partial charge < -0.3 is 10.4 Å². The van der Waals surface area contributed by atoms with Crippen LogP contribution >= 0.6 is 15.9 Å². The average Bonchev–Trinajstić information content (AvgIpc) is 2.86. The van der Waals surface area contributed by atoms with Crippen molar-refractivity contribution in [2.75, 3.05) is 11.9 Å². The number of nitrogens with one attached hydrogen (secondary N) is 1. The molecule has 0 fully saturated rings. The highest BCUT2D eigenvalue weighted by Gasteiger charge is 2.30. The lowest BCUT2D eigenvalue weighted by Crippen LogP contribution is -2.21. The third-order valence-electron chi connectivity index (χ3n) is 3.18. The van der Waals surface area contributed by atoms with E-state index in [-0.39, 0.29) is 11.7 Å². The first kappa shape index (κ1) is 17.3.